The Morgan fingerprint density at radius 1 is 1.12 bits per heavy atom. The highest BCUT2D eigenvalue weighted by Gasteiger charge is 2.40. The lowest BCUT2D eigenvalue weighted by atomic mass is 9.86. The summed E-state index contributed by atoms with van der Waals surface area (Å²) in [6, 6.07) is 14.0. The normalized spacial score (nSPS) is 22.1. The molecular weight excluding hydrogens is 693 g/mol. The first-order valence-corrected chi connectivity index (χ1v) is 20.0. The zero-order chi connectivity index (χ0) is 36.1. The summed E-state index contributed by atoms with van der Waals surface area (Å²) in [5.41, 5.74) is 1.01. The van der Waals surface area contributed by atoms with E-state index in [-0.39, 0.29) is 34.3 Å². The maximum absolute atomic E-state index is 13.7. The number of benzene rings is 2. The summed E-state index contributed by atoms with van der Waals surface area (Å²) >= 11 is 6.24. The van der Waals surface area contributed by atoms with Crippen LogP contribution >= 0.6 is 24.0 Å². The van der Waals surface area contributed by atoms with E-state index in [0.717, 1.165) is 60.5 Å². The maximum Gasteiger partial charge on any atom is 0.407 e. The first-order valence-electron chi connectivity index (χ1n) is 17.2. The zero-order valence-corrected chi connectivity index (χ0v) is 32.0. The van der Waals surface area contributed by atoms with Crippen molar-refractivity contribution in [2.24, 2.45) is 0 Å². The fraction of sp³-hybridized carbons (Fsp3) is 0.528. The van der Waals surface area contributed by atoms with Gasteiger partial charge in [-0.05, 0) is 97.5 Å². The van der Waals surface area contributed by atoms with Crippen molar-refractivity contribution in [2.45, 2.75) is 106 Å². The maximum atomic E-state index is 13.7. The Morgan fingerprint density at radius 3 is 2.50 bits per heavy atom. The molecule has 11 nitrogen and oxygen atoms in total. The Morgan fingerprint density at radius 2 is 1.84 bits per heavy atom. The second kappa shape index (κ2) is 16.0. The molecule has 50 heavy (non-hydrogen) atoms. The van der Waals surface area contributed by atoms with Crippen LogP contribution in [0.2, 0.25) is 0 Å². The van der Waals surface area contributed by atoms with Gasteiger partial charge < -0.3 is 20.7 Å². The number of rotatable bonds is 11. The first kappa shape index (κ1) is 38.1. The minimum absolute atomic E-state index is 0.0199. The van der Waals surface area contributed by atoms with Gasteiger partial charge in [-0.2, -0.15) is 12.6 Å². The Labute approximate surface area is 305 Å². The van der Waals surface area contributed by atoms with Crippen LogP contribution in [0.25, 0.3) is 10.4 Å². The summed E-state index contributed by atoms with van der Waals surface area (Å²) in [5.74, 6) is 0.199. The fourth-order valence-electron chi connectivity index (χ4n) is 6.61. The van der Waals surface area contributed by atoms with Crippen LogP contribution in [0.3, 0.4) is 0 Å². The molecule has 3 amide bonds. The van der Waals surface area contributed by atoms with E-state index in [4.69, 9.17) is 22.3 Å². The number of carbonyl (C=O) groups is 2. The molecule has 5 rings (SSSR count). The van der Waals surface area contributed by atoms with Crippen LogP contribution in [-0.2, 0) is 21.3 Å². The van der Waals surface area contributed by atoms with E-state index in [2.05, 4.69) is 39.5 Å². The van der Waals surface area contributed by atoms with Gasteiger partial charge in [-0.3, -0.25) is 4.90 Å². The SMILES string of the molecule is CN1CCC[C@@]1(C)[C@@H](S)COC(=O)NC1CCC(c2ncc(-c3ccc(NC(=O)NCc4ccccc4)cc3S(=O)(=O)NC(C)(C)C)s2)CC1. The minimum Gasteiger partial charge on any atom is -0.448 e. The largest absolute Gasteiger partial charge is 0.448 e. The van der Waals surface area contributed by atoms with E-state index in [1.54, 1.807) is 39.1 Å². The van der Waals surface area contributed by atoms with Crippen molar-refractivity contribution in [1.82, 2.24) is 25.2 Å². The van der Waals surface area contributed by atoms with Crippen LogP contribution in [0.15, 0.2) is 59.6 Å². The molecule has 1 saturated carbocycles. The summed E-state index contributed by atoms with van der Waals surface area (Å²) in [6.07, 6.45) is 6.74. The molecule has 4 N–H and O–H groups in total. The van der Waals surface area contributed by atoms with Crippen molar-refractivity contribution in [2.75, 3.05) is 25.5 Å². The van der Waals surface area contributed by atoms with Gasteiger partial charge in [-0.1, -0.05) is 36.4 Å². The third-order valence-corrected chi connectivity index (χ3v) is 13.3. The predicted octanol–water partition coefficient (Wildman–Crippen LogP) is 6.74. The Hall–Kier alpha value is -3.17. The molecule has 272 valence electrons. The number of nitrogens with one attached hydrogen (secondary N) is 4. The van der Waals surface area contributed by atoms with Gasteiger partial charge in [-0.25, -0.2) is 27.7 Å². The first-order chi connectivity index (χ1) is 23.6. The van der Waals surface area contributed by atoms with Crippen molar-refractivity contribution in [1.29, 1.82) is 0 Å². The van der Waals surface area contributed by atoms with Gasteiger partial charge in [-0.15, -0.1) is 11.3 Å². The van der Waals surface area contributed by atoms with Crippen LogP contribution in [0.4, 0.5) is 15.3 Å². The number of alkyl carbamates (subject to hydrolysis) is 1. The van der Waals surface area contributed by atoms with Crippen LogP contribution in [0.5, 0.6) is 0 Å². The van der Waals surface area contributed by atoms with Gasteiger partial charge in [0.1, 0.15) is 6.61 Å². The van der Waals surface area contributed by atoms with E-state index in [0.29, 0.717) is 17.8 Å². The molecule has 2 atom stereocenters. The summed E-state index contributed by atoms with van der Waals surface area (Å²) in [4.78, 5) is 33.1. The lowest BCUT2D eigenvalue weighted by Gasteiger charge is -2.37. The molecule has 2 fully saturated rings. The average molecular weight is 743 g/mol. The number of likely N-dealkylation sites (tertiary alicyclic amines) is 1. The monoisotopic (exact) mass is 742 g/mol. The van der Waals surface area contributed by atoms with Crippen molar-refractivity contribution in [3.05, 3.63) is 65.3 Å². The number of hydrogen-bond acceptors (Lipinski definition) is 9. The molecule has 1 aliphatic heterocycles. The third-order valence-electron chi connectivity index (χ3n) is 9.59. The zero-order valence-electron chi connectivity index (χ0n) is 29.5. The summed E-state index contributed by atoms with van der Waals surface area (Å²) in [5, 5.41) is 9.49. The molecule has 1 saturated heterocycles. The van der Waals surface area contributed by atoms with E-state index in [1.807, 2.05) is 30.3 Å². The standard InChI is InChI=1S/C36H50N6O5S3/c1-35(2,3)41-50(45,46)30-20-27(39-33(43)38-21-24-10-7-6-8-11-24)16-17-28(30)29-22-37-32(49-29)25-12-14-26(15-13-25)40-34(44)47-23-31(48)36(4)18-9-19-42(36)5/h6-8,10-11,16-17,20,22,25-26,31,41,48H,9,12-15,18-19,21,23H2,1-5H3,(H,40,44)(H2,38,39,43)/t25?,26?,31-,36-/m0/s1. The van der Waals surface area contributed by atoms with Crippen molar-refractivity contribution in [3.63, 3.8) is 0 Å². The molecule has 0 spiro atoms. The Kier molecular flexibility index (Phi) is 12.2. The molecule has 2 aliphatic rings. The second-order valence-corrected chi connectivity index (χ2v) is 17.9. The topological polar surface area (TPSA) is 142 Å². The van der Waals surface area contributed by atoms with Gasteiger partial charge in [0.25, 0.3) is 0 Å². The lowest BCUT2D eigenvalue weighted by Crippen LogP contribution is -2.49. The smallest absolute Gasteiger partial charge is 0.407 e. The molecule has 0 radical (unpaired) electrons. The minimum atomic E-state index is -3.97. The van der Waals surface area contributed by atoms with Crippen molar-refractivity contribution >= 4 is 51.8 Å². The quantitative estimate of drug-likeness (QED) is 0.137. The second-order valence-electron chi connectivity index (χ2n) is 14.6. The van der Waals surface area contributed by atoms with E-state index < -0.39 is 27.7 Å². The van der Waals surface area contributed by atoms with Crippen LogP contribution < -0.4 is 20.7 Å². The van der Waals surface area contributed by atoms with E-state index in [1.165, 1.54) is 17.4 Å². The number of anilines is 1. The van der Waals surface area contributed by atoms with Crippen LogP contribution in [0, 0.1) is 0 Å². The van der Waals surface area contributed by atoms with E-state index in [9.17, 15) is 18.0 Å². The molecular formula is C36H50N6O5S3. The van der Waals surface area contributed by atoms with Gasteiger partial charge in [0, 0.05) is 47.0 Å². The summed E-state index contributed by atoms with van der Waals surface area (Å²) in [6.45, 7) is 9.14. The molecule has 2 aromatic carbocycles. The lowest BCUT2D eigenvalue weighted by molar-refractivity contribution is 0.110. The highest BCUT2D eigenvalue weighted by molar-refractivity contribution is 7.89. The number of hydrogen-bond donors (Lipinski definition) is 5. The fourth-order valence-corrected chi connectivity index (χ4v) is 9.86. The number of thiazole rings is 1. The van der Waals surface area contributed by atoms with Crippen LogP contribution in [-0.4, -0.2) is 73.0 Å². The average Bonchev–Trinajstić information content (AvgIpc) is 3.69. The number of nitrogens with zero attached hydrogens (tertiary/aromatic N) is 2. The molecule has 0 unspecified atom stereocenters. The number of ether oxygens (including phenoxy) is 1. The van der Waals surface area contributed by atoms with Crippen molar-refractivity contribution < 1.29 is 22.7 Å². The molecule has 1 aliphatic carbocycles. The summed E-state index contributed by atoms with van der Waals surface area (Å²) in [7, 11) is -1.88. The Bertz CT molecular complexity index is 1740. The molecule has 1 aromatic heterocycles. The number of sulfonamides is 1. The number of thiol groups is 1. The Balaban J connectivity index is 1.21. The van der Waals surface area contributed by atoms with Crippen LogP contribution in [0.1, 0.15) is 82.7 Å². The third kappa shape index (κ3) is 9.78. The molecule has 0 bridgehead atoms. The predicted molar refractivity (Wildman–Crippen MR) is 202 cm³/mol. The summed E-state index contributed by atoms with van der Waals surface area (Å²) < 4.78 is 35.7. The number of aromatic nitrogens is 1. The van der Waals surface area contributed by atoms with Gasteiger partial charge in [0.2, 0.25) is 10.0 Å². The van der Waals surface area contributed by atoms with Gasteiger partial charge in [0.15, 0.2) is 0 Å². The number of carbonyl (C=O) groups excluding carboxylic acids is 2. The van der Waals surface area contributed by atoms with Gasteiger partial charge in [0.05, 0.1) is 20.0 Å². The molecule has 2 heterocycles. The molecule has 14 heteroatoms. The number of amides is 3. The highest BCUT2D eigenvalue weighted by atomic mass is 32.2. The molecule has 3 aromatic rings. The number of urea groups is 1. The van der Waals surface area contributed by atoms with E-state index >= 15 is 0 Å². The van der Waals surface area contributed by atoms with Gasteiger partial charge >= 0.3 is 12.1 Å². The highest BCUT2D eigenvalue weighted by Crippen LogP contribution is 2.40. The van der Waals surface area contributed by atoms with Crippen molar-refractivity contribution in [3.8, 4) is 10.4 Å².